The third-order valence-electron chi connectivity index (χ3n) is 3.92. The monoisotopic (exact) mass is 365 g/mol. The lowest BCUT2D eigenvalue weighted by Gasteiger charge is -2.31. The first-order valence-corrected chi connectivity index (χ1v) is 8.12. The quantitative estimate of drug-likeness (QED) is 0.500. The van der Waals surface area contributed by atoms with Crippen molar-refractivity contribution >= 4 is 40.0 Å². The number of nitrogens with zero attached hydrogens (tertiary/aromatic N) is 4. The highest BCUT2D eigenvalue weighted by Gasteiger charge is 2.22. The lowest BCUT2D eigenvalue weighted by Crippen LogP contribution is -2.40. The van der Waals surface area contributed by atoms with Crippen LogP contribution in [-0.4, -0.2) is 45.1 Å². The molecule has 1 fully saturated rings. The van der Waals surface area contributed by atoms with E-state index in [1.165, 1.54) is 19.1 Å². The number of non-ortho nitro benzene ring substituents is 1. The number of piperidine rings is 1. The van der Waals surface area contributed by atoms with Gasteiger partial charge in [0.05, 0.1) is 10.4 Å². The van der Waals surface area contributed by atoms with Gasteiger partial charge in [-0.2, -0.15) is 0 Å². The van der Waals surface area contributed by atoms with Crippen LogP contribution >= 0.6 is 11.6 Å². The Balaban J connectivity index is 1.80. The average Bonchev–Trinajstić information content (AvgIpc) is 2.55. The molecule has 25 heavy (non-hydrogen) atoms. The van der Waals surface area contributed by atoms with Crippen LogP contribution in [0.3, 0.4) is 0 Å². The second kappa shape index (κ2) is 7.16. The molecule has 1 aromatic heterocycles. The molecule has 2 heterocycles. The standard InChI is InChI=1S/C15H16ClN5O4/c1-9(22)25-20-6-4-10(5-7-20)17-14-12-8-11(21(23)24)2-3-13(12)18-15(16)19-14/h2-3,8,10H,4-7H2,1H3,(H,17,18,19). The molecule has 1 aromatic carbocycles. The summed E-state index contributed by atoms with van der Waals surface area (Å²) in [5.41, 5.74) is 0.497. The summed E-state index contributed by atoms with van der Waals surface area (Å²) < 4.78 is 0. The van der Waals surface area contributed by atoms with Gasteiger partial charge in [0.2, 0.25) is 5.28 Å². The molecular weight excluding hydrogens is 350 g/mol. The fraction of sp³-hybridized carbons (Fsp3) is 0.400. The highest BCUT2D eigenvalue weighted by atomic mass is 35.5. The second-order valence-corrected chi connectivity index (χ2v) is 6.07. The molecule has 1 aliphatic rings. The van der Waals surface area contributed by atoms with Gasteiger partial charge in [-0.15, -0.1) is 5.06 Å². The van der Waals surface area contributed by atoms with E-state index in [9.17, 15) is 14.9 Å². The summed E-state index contributed by atoms with van der Waals surface area (Å²) in [6.45, 7) is 2.55. The number of fused-ring (bicyclic) bond motifs is 1. The second-order valence-electron chi connectivity index (χ2n) is 5.73. The highest BCUT2D eigenvalue weighted by molar-refractivity contribution is 6.28. The average molecular weight is 366 g/mol. The number of nitrogens with one attached hydrogen (secondary N) is 1. The smallest absolute Gasteiger partial charge is 0.322 e. The van der Waals surface area contributed by atoms with Crippen LogP contribution in [0.2, 0.25) is 5.28 Å². The number of aromatic nitrogens is 2. The number of benzene rings is 1. The Morgan fingerprint density at radius 3 is 2.76 bits per heavy atom. The molecule has 3 rings (SSSR count). The number of hydroxylamine groups is 2. The maximum atomic E-state index is 11.0. The van der Waals surface area contributed by atoms with Crippen molar-refractivity contribution in [2.75, 3.05) is 18.4 Å². The number of nitro groups is 1. The van der Waals surface area contributed by atoms with Crippen molar-refractivity contribution in [2.24, 2.45) is 0 Å². The normalized spacial score (nSPS) is 15.9. The number of hydrogen-bond donors (Lipinski definition) is 1. The van der Waals surface area contributed by atoms with Crippen LogP contribution in [0.1, 0.15) is 19.8 Å². The van der Waals surface area contributed by atoms with Crippen molar-refractivity contribution in [2.45, 2.75) is 25.8 Å². The van der Waals surface area contributed by atoms with Gasteiger partial charge in [0.1, 0.15) is 5.82 Å². The Kier molecular flexibility index (Phi) is 4.95. The Hall–Kier alpha value is -2.52. The van der Waals surface area contributed by atoms with Crippen molar-refractivity contribution in [3.05, 3.63) is 33.6 Å². The zero-order valence-corrected chi connectivity index (χ0v) is 14.2. The molecule has 0 spiro atoms. The highest BCUT2D eigenvalue weighted by Crippen LogP contribution is 2.28. The molecular formula is C15H16ClN5O4. The summed E-state index contributed by atoms with van der Waals surface area (Å²) >= 11 is 5.96. The number of halogens is 1. The van der Waals surface area contributed by atoms with E-state index < -0.39 is 4.92 Å². The first-order chi connectivity index (χ1) is 11.9. The van der Waals surface area contributed by atoms with Crippen LogP contribution in [0.5, 0.6) is 0 Å². The van der Waals surface area contributed by atoms with Crippen molar-refractivity contribution in [3.63, 3.8) is 0 Å². The molecule has 1 N–H and O–H groups in total. The third-order valence-corrected chi connectivity index (χ3v) is 4.08. The largest absolute Gasteiger partial charge is 0.368 e. The van der Waals surface area contributed by atoms with E-state index in [-0.39, 0.29) is 23.0 Å². The molecule has 0 unspecified atom stereocenters. The summed E-state index contributed by atoms with van der Waals surface area (Å²) in [7, 11) is 0. The molecule has 0 radical (unpaired) electrons. The first kappa shape index (κ1) is 17.3. The fourth-order valence-corrected chi connectivity index (χ4v) is 2.95. The summed E-state index contributed by atoms with van der Waals surface area (Å²) in [6.07, 6.45) is 1.46. The fourth-order valence-electron chi connectivity index (χ4n) is 2.78. The predicted molar refractivity (Wildman–Crippen MR) is 91.2 cm³/mol. The van der Waals surface area contributed by atoms with Gasteiger partial charge in [-0.05, 0) is 30.5 Å². The van der Waals surface area contributed by atoms with Crippen LogP contribution in [0.15, 0.2) is 18.2 Å². The van der Waals surface area contributed by atoms with Gasteiger partial charge in [-0.25, -0.2) is 9.97 Å². The minimum Gasteiger partial charge on any atom is -0.368 e. The molecule has 1 aliphatic heterocycles. The minimum absolute atomic E-state index is 0.0360. The summed E-state index contributed by atoms with van der Waals surface area (Å²) in [5.74, 6) is 0.122. The van der Waals surface area contributed by atoms with Gasteiger partial charge in [0.25, 0.3) is 5.69 Å². The molecule has 0 atom stereocenters. The van der Waals surface area contributed by atoms with E-state index in [1.54, 1.807) is 11.1 Å². The summed E-state index contributed by atoms with van der Waals surface area (Å²) in [6, 6.07) is 4.45. The van der Waals surface area contributed by atoms with E-state index in [1.807, 2.05) is 0 Å². The van der Waals surface area contributed by atoms with Crippen molar-refractivity contribution in [1.29, 1.82) is 0 Å². The molecule has 0 amide bonds. The van der Waals surface area contributed by atoms with E-state index in [2.05, 4.69) is 15.3 Å². The van der Waals surface area contributed by atoms with E-state index in [0.29, 0.717) is 29.8 Å². The van der Waals surface area contributed by atoms with Crippen LogP contribution in [-0.2, 0) is 9.63 Å². The Morgan fingerprint density at radius 2 is 2.12 bits per heavy atom. The lowest BCUT2D eigenvalue weighted by molar-refractivity contribution is -0.384. The zero-order valence-electron chi connectivity index (χ0n) is 13.4. The van der Waals surface area contributed by atoms with Gasteiger partial charge in [-0.1, -0.05) is 0 Å². The number of nitro benzene ring substituents is 1. The molecule has 0 aliphatic carbocycles. The molecule has 9 nitrogen and oxygen atoms in total. The number of rotatable bonds is 4. The van der Waals surface area contributed by atoms with Crippen LogP contribution < -0.4 is 5.32 Å². The number of carbonyl (C=O) groups excluding carboxylic acids is 1. The number of carbonyl (C=O) groups is 1. The Labute approximate surface area is 148 Å². The Morgan fingerprint density at radius 1 is 1.40 bits per heavy atom. The maximum Gasteiger partial charge on any atom is 0.322 e. The molecule has 1 saturated heterocycles. The molecule has 0 saturated carbocycles. The lowest BCUT2D eigenvalue weighted by atomic mass is 10.1. The SMILES string of the molecule is CC(=O)ON1CCC(Nc2nc(Cl)nc3ccc([N+](=O)[O-])cc23)CC1. The number of anilines is 1. The van der Waals surface area contributed by atoms with Gasteiger partial charge >= 0.3 is 5.97 Å². The van der Waals surface area contributed by atoms with Gasteiger partial charge in [-0.3, -0.25) is 14.9 Å². The first-order valence-electron chi connectivity index (χ1n) is 7.74. The van der Waals surface area contributed by atoms with Gasteiger partial charge in [0, 0.05) is 43.6 Å². The third kappa shape index (κ3) is 4.12. The zero-order chi connectivity index (χ0) is 18.0. The van der Waals surface area contributed by atoms with Crippen molar-refractivity contribution in [3.8, 4) is 0 Å². The summed E-state index contributed by atoms with van der Waals surface area (Å²) in [5, 5.41) is 16.5. The van der Waals surface area contributed by atoms with Crippen molar-refractivity contribution < 1.29 is 14.6 Å². The Bertz CT molecular complexity index is 823. The molecule has 132 valence electrons. The van der Waals surface area contributed by atoms with Crippen LogP contribution in [0.25, 0.3) is 10.9 Å². The predicted octanol–water partition coefficient (Wildman–Crippen LogP) is 2.55. The van der Waals surface area contributed by atoms with Crippen LogP contribution in [0, 0.1) is 10.1 Å². The summed E-state index contributed by atoms with van der Waals surface area (Å²) in [4.78, 5) is 34.9. The van der Waals surface area contributed by atoms with E-state index in [0.717, 1.165) is 12.8 Å². The van der Waals surface area contributed by atoms with E-state index >= 15 is 0 Å². The number of hydrogen-bond acceptors (Lipinski definition) is 8. The maximum absolute atomic E-state index is 11.0. The molecule has 10 heteroatoms. The molecule has 2 aromatic rings. The topological polar surface area (TPSA) is 110 Å². The van der Waals surface area contributed by atoms with E-state index in [4.69, 9.17) is 16.4 Å². The van der Waals surface area contributed by atoms with Crippen LogP contribution in [0.4, 0.5) is 11.5 Å². The van der Waals surface area contributed by atoms with Gasteiger partial charge < -0.3 is 10.2 Å². The minimum atomic E-state index is -0.463. The van der Waals surface area contributed by atoms with Gasteiger partial charge in [0.15, 0.2) is 0 Å². The van der Waals surface area contributed by atoms with Crippen molar-refractivity contribution in [1.82, 2.24) is 15.0 Å². The molecule has 0 bridgehead atoms.